The van der Waals surface area contributed by atoms with E-state index in [9.17, 15) is 4.79 Å². The van der Waals surface area contributed by atoms with Crippen LogP contribution in [0.2, 0.25) is 0 Å². The Hall–Kier alpha value is -0.730. The summed E-state index contributed by atoms with van der Waals surface area (Å²) in [6.07, 6.45) is 4.68. The van der Waals surface area contributed by atoms with Gasteiger partial charge >= 0.3 is 6.09 Å². The number of rotatable bonds is 0. The number of carbonyl (C=O) groups excluding carboxylic acids is 1. The number of piperidine rings is 1. The molecule has 3 rings (SSSR count). The summed E-state index contributed by atoms with van der Waals surface area (Å²) in [6.45, 7) is 5.75. The summed E-state index contributed by atoms with van der Waals surface area (Å²) in [5.41, 5.74) is -0.360. The van der Waals surface area contributed by atoms with Crippen LogP contribution in [-0.4, -0.2) is 28.7 Å². The summed E-state index contributed by atoms with van der Waals surface area (Å²) in [4.78, 5) is 13.7. The van der Waals surface area contributed by atoms with Gasteiger partial charge in [0.25, 0.3) is 0 Å². The molecule has 0 radical (unpaired) electrons. The quantitative estimate of drug-likeness (QED) is 0.597. The first-order chi connectivity index (χ1) is 6.47. The van der Waals surface area contributed by atoms with Gasteiger partial charge in [0.1, 0.15) is 5.60 Å². The Morgan fingerprint density at radius 3 is 2.29 bits per heavy atom. The van der Waals surface area contributed by atoms with E-state index in [0.717, 1.165) is 12.8 Å². The lowest BCUT2D eigenvalue weighted by atomic mass is 9.80. The van der Waals surface area contributed by atoms with Gasteiger partial charge in [0.05, 0.1) is 0 Å². The highest BCUT2D eigenvalue weighted by atomic mass is 16.6. The maximum atomic E-state index is 11.8. The predicted molar refractivity (Wildman–Crippen MR) is 54.1 cm³/mol. The largest absolute Gasteiger partial charge is 0.444 e. The number of amides is 1. The molecule has 1 aliphatic carbocycles. The van der Waals surface area contributed by atoms with Gasteiger partial charge in [-0.15, -0.1) is 0 Å². The fraction of sp³-hybridized carbons (Fsp3) is 0.909. The minimum absolute atomic E-state index is 0.113. The van der Waals surface area contributed by atoms with Crippen LogP contribution in [-0.2, 0) is 4.74 Å². The van der Waals surface area contributed by atoms with Crippen molar-refractivity contribution in [2.24, 2.45) is 0 Å². The van der Waals surface area contributed by atoms with Crippen molar-refractivity contribution in [1.82, 2.24) is 4.90 Å². The number of nitrogens with zero attached hydrogens (tertiary/aromatic N) is 1. The van der Waals surface area contributed by atoms with E-state index in [4.69, 9.17) is 4.74 Å². The van der Waals surface area contributed by atoms with Crippen molar-refractivity contribution in [2.75, 3.05) is 0 Å². The Balaban J connectivity index is 1.93. The van der Waals surface area contributed by atoms with Crippen molar-refractivity contribution in [3.05, 3.63) is 0 Å². The molecule has 2 bridgehead atoms. The Morgan fingerprint density at radius 1 is 1.29 bits per heavy atom. The van der Waals surface area contributed by atoms with E-state index in [2.05, 4.69) is 0 Å². The van der Waals surface area contributed by atoms with E-state index < -0.39 is 0 Å². The SMILES string of the molecule is CC(C)(C)OC(=O)N1C2CCC[C@@H]1C2. The molecular weight excluding hydrogens is 178 g/mol. The van der Waals surface area contributed by atoms with Crippen molar-refractivity contribution < 1.29 is 9.53 Å². The number of hydrogen-bond donors (Lipinski definition) is 0. The highest BCUT2D eigenvalue weighted by Gasteiger charge is 2.45. The van der Waals surface area contributed by atoms with Gasteiger partial charge in [0.15, 0.2) is 0 Å². The van der Waals surface area contributed by atoms with Crippen LogP contribution in [0.5, 0.6) is 0 Å². The maximum absolute atomic E-state index is 11.8. The van der Waals surface area contributed by atoms with Crippen LogP contribution in [0.1, 0.15) is 46.5 Å². The summed E-state index contributed by atoms with van der Waals surface area (Å²) in [5.74, 6) is 0. The van der Waals surface area contributed by atoms with E-state index in [1.807, 2.05) is 25.7 Å². The first-order valence-corrected chi connectivity index (χ1v) is 5.49. The highest BCUT2D eigenvalue weighted by Crippen LogP contribution is 2.38. The van der Waals surface area contributed by atoms with Crippen molar-refractivity contribution >= 4 is 6.09 Å². The van der Waals surface area contributed by atoms with Crippen molar-refractivity contribution in [1.29, 1.82) is 0 Å². The van der Waals surface area contributed by atoms with Gasteiger partial charge in [-0.25, -0.2) is 4.79 Å². The third kappa shape index (κ3) is 1.72. The molecule has 3 fully saturated rings. The molecule has 0 aromatic carbocycles. The Kier molecular flexibility index (Phi) is 2.20. The average molecular weight is 197 g/mol. The van der Waals surface area contributed by atoms with Crippen molar-refractivity contribution in [3.8, 4) is 0 Å². The van der Waals surface area contributed by atoms with Gasteiger partial charge in [0.2, 0.25) is 0 Å². The van der Waals surface area contributed by atoms with Crippen LogP contribution in [0, 0.1) is 0 Å². The first-order valence-electron chi connectivity index (χ1n) is 5.49. The lowest BCUT2D eigenvalue weighted by Gasteiger charge is -2.52. The molecule has 1 amide bonds. The third-order valence-corrected chi connectivity index (χ3v) is 3.01. The third-order valence-electron chi connectivity index (χ3n) is 3.01. The first kappa shape index (κ1) is 9.81. The molecular formula is C11H19NO2. The molecule has 0 N–H and O–H groups in total. The van der Waals surface area contributed by atoms with Gasteiger partial charge in [-0.05, 0) is 46.5 Å². The van der Waals surface area contributed by atoms with Crippen LogP contribution >= 0.6 is 0 Å². The van der Waals surface area contributed by atoms with Gasteiger partial charge in [0, 0.05) is 12.1 Å². The Bertz CT molecular complexity index is 230. The van der Waals surface area contributed by atoms with Crippen molar-refractivity contribution in [3.63, 3.8) is 0 Å². The highest BCUT2D eigenvalue weighted by molar-refractivity contribution is 5.70. The minimum Gasteiger partial charge on any atom is -0.444 e. The monoisotopic (exact) mass is 197 g/mol. The van der Waals surface area contributed by atoms with E-state index in [1.54, 1.807) is 0 Å². The summed E-state index contributed by atoms with van der Waals surface area (Å²) in [5, 5.41) is 0. The second-order valence-corrected chi connectivity index (χ2v) is 5.36. The molecule has 2 aliphatic heterocycles. The minimum atomic E-state index is -0.360. The molecule has 1 unspecified atom stereocenters. The molecule has 2 saturated heterocycles. The van der Waals surface area contributed by atoms with E-state index in [0.29, 0.717) is 12.1 Å². The average Bonchev–Trinajstić information content (AvgIpc) is 2.01. The van der Waals surface area contributed by atoms with Crippen LogP contribution in [0.25, 0.3) is 0 Å². The van der Waals surface area contributed by atoms with Gasteiger partial charge in [-0.2, -0.15) is 0 Å². The Morgan fingerprint density at radius 2 is 1.86 bits per heavy atom. The van der Waals surface area contributed by atoms with Crippen LogP contribution in [0.3, 0.4) is 0 Å². The normalized spacial score (nSPS) is 30.9. The summed E-state index contributed by atoms with van der Waals surface area (Å²) < 4.78 is 5.36. The molecule has 80 valence electrons. The van der Waals surface area contributed by atoms with Gasteiger partial charge < -0.3 is 9.64 Å². The molecule has 14 heavy (non-hydrogen) atoms. The second kappa shape index (κ2) is 3.14. The molecule has 0 aromatic rings. The zero-order chi connectivity index (χ0) is 10.3. The zero-order valence-electron chi connectivity index (χ0n) is 9.25. The molecule has 2 heterocycles. The standard InChI is InChI=1S/C11H19NO2/c1-11(2,3)14-10(13)12-8-5-4-6-9(12)7-8/h8-9H,4-7H2,1-3H3/t8-,9?/m1/s1. The van der Waals surface area contributed by atoms with E-state index >= 15 is 0 Å². The van der Waals surface area contributed by atoms with E-state index in [-0.39, 0.29) is 11.7 Å². The van der Waals surface area contributed by atoms with Gasteiger partial charge in [-0.1, -0.05) is 0 Å². The maximum Gasteiger partial charge on any atom is 0.410 e. The number of ether oxygens (including phenoxy) is 1. The number of hydrogen-bond acceptors (Lipinski definition) is 2. The van der Waals surface area contributed by atoms with Crippen LogP contribution in [0.4, 0.5) is 4.79 Å². The number of carbonyl (C=O) groups is 1. The predicted octanol–water partition coefficient (Wildman–Crippen LogP) is 2.55. The molecule has 1 saturated carbocycles. The topological polar surface area (TPSA) is 29.5 Å². The summed E-state index contributed by atoms with van der Waals surface area (Å²) >= 11 is 0. The fourth-order valence-corrected chi connectivity index (χ4v) is 2.42. The zero-order valence-corrected chi connectivity index (χ0v) is 9.25. The molecule has 0 spiro atoms. The molecule has 3 heteroatoms. The van der Waals surface area contributed by atoms with Crippen LogP contribution < -0.4 is 0 Å². The second-order valence-electron chi connectivity index (χ2n) is 5.36. The van der Waals surface area contributed by atoms with Gasteiger partial charge in [-0.3, -0.25) is 0 Å². The fourth-order valence-electron chi connectivity index (χ4n) is 2.42. The smallest absolute Gasteiger partial charge is 0.410 e. The summed E-state index contributed by atoms with van der Waals surface area (Å²) in [6, 6.07) is 0.951. The van der Waals surface area contributed by atoms with E-state index in [1.165, 1.54) is 12.8 Å². The van der Waals surface area contributed by atoms with Crippen LogP contribution in [0.15, 0.2) is 0 Å². The molecule has 0 aromatic heterocycles. The van der Waals surface area contributed by atoms with Crippen molar-refractivity contribution in [2.45, 2.75) is 64.1 Å². The molecule has 3 aliphatic rings. The number of fused-ring (bicyclic) bond motifs is 2. The lowest BCUT2D eigenvalue weighted by Crippen LogP contribution is -2.61. The lowest BCUT2D eigenvalue weighted by molar-refractivity contribution is -0.0512. The molecule has 3 nitrogen and oxygen atoms in total. The Labute approximate surface area is 85.4 Å². The molecule has 2 atom stereocenters. The summed E-state index contributed by atoms with van der Waals surface area (Å²) in [7, 11) is 0.